The van der Waals surface area contributed by atoms with E-state index in [1.807, 2.05) is 0 Å². The van der Waals surface area contributed by atoms with Gasteiger partial charge in [0.05, 0.1) is 11.6 Å². The van der Waals surface area contributed by atoms with Gasteiger partial charge in [0.1, 0.15) is 10.7 Å². The van der Waals surface area contributed by atoms with Crippen LogP contribution in [0.5, 0.6) is 5.75 Å². The fourth-order valence-corrected chi connectivity index (χ4v) is 3.78. The normalized spacial score (nSPS) is 11.7. The Labute approximate surface area is 157 Å². The number of phenolic OH excluding ortho intramolecular Hbond substituents is 1. The number of nitrogens with zero attached hydrogens (tertiary/aromatic N) is 2. The molecule has 0 spiro atoms. The van der Waals surface area contributed by atoms with E-state index in [9.17, 15) is 17.9 Å². The molecular formula is C15H10Cl2FN3O4S. The summed E-state index contributed by atoms with van der Waals surface area (Å²) in [6, 6.07) is 7.80. The number of benzene rings is 2. The van der Waals surface area contributed by atoms with Crippen molar-refractivity contribution in [2.75, 3.05) is 0 Å². The van der Waals surface area contributed by atoms with Crippen molar-refractivity contribution >= 4 is 33.2 Å². The molecule has 0 saturated carbocycles. The monoisotopic (exact) mass is 417 g/mol. The first kappa shape index (κ1) is 18.6. The zero-order chi connectivity index (χ0) is 18.9. The predicted molar refractivity (Wildman–Crippen MR) is 91.8 cm³/mol. The summed E-state index contributed by atoms with van der Waals surface area (Å²) in [5.41, 5.74) is 0.377. The molecule has 0 aliphatic rings. The molecule has 0 aliphatic heterocycles. The molecule has 2 N–H and O–H groups in total. The molecule has 0 radical (unpaired) electrons. The maximum Gasteiger partial charge on any atom is 0.244 e. The third-order valence-corrected chi connectivity index (χ3v) is 5.17. The van der Waals surface area contributed by atoms with Crippen LogP contribution >= 0.6 is 23.2 Å². The van der Waals surface area contributed by atoms with E-state index in [2.05, 4.69) is 14.9 Å². The molecule has 0 fully saturated rings. The topological polar surface area (TPSA) is 105 Å². The van der Waals surface area contributed by atoms with Gasteiger partial charge >= 0.3 is 0 Å². The Morgan fingerprint density at radius 1 is 1.23 bits per heavy atom. The minimum atomic E-state index is -4.15. The second-order valence-corrected chi connectivity index (χ2v) is 7.66. The van der Waals surface area contributed by atoms with E-state index in [1.165, 1.54) is 24.3 Å². The lowest BCUT2D eigenvalue weighted by Gasteiger charge is -2.08. The van der Waals surface area contributed by atoms with Crippen molar-refractivity contribution < 1.29 is 22.4 Å². The highest BCUT2D eigenvalue weighted by molar-refractivity contribution is 7.89. The maximum absolute atomic E-state index is 13.2. The summed E-state index contributed by atoms with van der Waals surface area (Å²) in [4.78, 5) is 3.50. The first-order valence-corrected chi connectivity index (χ1v) is 9.26. The van der Waals surface area contributed by atoms with Crippen LogP contribution in [0.25, 0.3) is 11.4 Å². The zero-order valence-electron chi connectivity index (χ0n) is 12.8. The number of hydrogen-bond donors (Lipinski definition) is 2. The molecule has 1 aromatic heterocycles. The number of phenols is 1. The average Bonchev–Trinajstić information content (AvgIpc) is 3.05. The van der Waals surface area contributed by atoms with Crippen molar-refractivity contribution in [3.05, 3.63) is 58.2 Å². The van der Waals surface area contributed by atoms with Gasteiger partial charge in [-0.05, 0) is 24.3 Å². The molecule has 0 unspecified atom stereocenters. The molecule has 3 aromatic rings. The quantitative estimate of drug-likeness (QED) is 0.658. The van der Waals surface area contributed by atoms with Gasteiger partial charge in [-0.15, -0.1) is 0 Å². The molecule has 0 atom stereocenters. The van der Waals surface area contributed by atoms with E-state index in [-0.39, 0.29) is 28.3 Å². The van der Waals surface area contributed by atoms with Crippen molar-refractivity contribution in [1.29, 1.82) is 0 Å². The molecule has 3 rings (SSSR count). The summed E-state index contributed by atoms with van der Waals surface area (Å²) >= 11 is 11.5. The van der Waals surface area contributed by atoms with Gasteiger partial charge in [-0.2, -0.15) is 4.98 Å². The van der Waals surface area contributed by atoms with Crippen LogP contribution in [-0.4, -0.2) is 23.7 Å². The first-order valence-electron chi connectivity index (χ1n) is 7.02. The smallest absolute Gasteiger partial charge is 0.244 e. The molecule has 7 nitrogen and oxygen atoms in total. The van der Waals surface area contributed by atoms with Crippen LogP contribution in [0.4, 0.5) is 4.39 Å². The zero-order valence-corrected chi connectivity index (χ0v) is 15.1. The highest BCUT2D eigenvalue weighted by Gasteiger charge is 2.22. The highest BCUT2D eigenvalue weighted by Crippen LogP contribution is 2.34. The summed E-state index contributed by atoms with van der Waals surface area (Å²) in [5.74, 6) is -1.05. The molecule has 0 saturated heterocycles. The molecule has 0 amide bonds. The fourth-order valence-electron chi connectivity index (χ4n) is 2.05. The maximum atomic E-state index is 13.2. The number of hydrogen-bond acceptors (Lipinski definition) is 6. The second-order valence-electron chi connectivity index (χ2n) is 5.08. The molecule has 136 valence electrons. The van der Waals surface area contributed by atoms with Gasteiger partial charge < -0.3 is 9.63 Å². The summed E-state index contributed by atoms with van der Waals surface area (Å²) in [5, 5.41) is 13.3. The van der Waals surface area contributed by atoms with E-state index < -0.39 is 26.5 Å². The van der Waals surface area contributed by atoms with Crippen molar-refractivity contribution in [1.82, 2.24) is 14.9 Å². The molecule has 11 heteroatoms. The number of nitrogens with one attached hydrogen (secondary N) is 1. The molecular weight excluding hydrogens is 408 g/mol. The first-order chi connectivity index (χ1) is 12.3. The summed E-state index contributed by atoms with van der Waals surface area (Å²) in [6.45, 7) is -0.353. The molecule has 2 aromatic carbocycles. The third kappa shape index (κ3) is 3.96. The average molecular weight is 418 g/mol. The Balaban J connectivity index is 1.79. The van der Waals surface area contributed by atoms with Crippen molar-refractivity contribution in [2.24, 2.45) is 0 Å². The summed E-state index contributed by atoms with van der Waals surface area (Å²) in [6.07, 6.45) is 0. The van der Waals surface area contributed by atoms with Gasteiger partial charge in [0.2, 0.25) is 21.7 Å². The Hall–Kier alpha value is -2.20. The summed E-state index contributed by atoms with van der Waals surface area (Å²) < 4.78 is 45.0. The van der Waals surface area contributed by atoms with Crippen molar-refractivity contribution in [3.63, 3.8) is 0 Å². The molecule has 0 bridgehead atoms. The number of rotatable bonds is 5. The number of sulfonamides is 1. The van der Waals surface area contributed by atoms with Crippen LogP contribution < -0.4 is 4.72 Å². The standard InChI is InChI=1S/C15H10Cl2FN3O4S/c16-9-5-11(17)14(22)12(6-9)26(23,24)19-7-13-20-15(21-25-13)8-2-1-3-10(18)4-8/h1-6,19,22H,7H2. The SMILES string of the molecule is O=S(=O)(NCc1nc(-c2cccc(F)c2)no1)c1cc(Cl)cc(Cl)c1O. The Bertz CT molecular complexity index is 1070. The fraction of sp³-hybridized carbons (Fsp3) is 0.0667. The molecule has 0 aliphatic carbocycles. The van der Waals surface area contributed by atoms with E-state index >= 15 is 0 Å². The van der Waals surface area contributed by atoms with Gasteiger partial charge in [-0.1, -0.05) is 40.5 Å². The van der Waals surface area contributed by atoms with Crippen LogP contribution in [0.15, 0.2) is 45.8 Å². The van der Waals surface area contributed by atoms with Crippen molar-refractivity contribution in [2.45, 2.75) is 11.4 Å². The number of aromatic nitrogens is 2. The van der Waals surface area contributed by atoms with E-state index in [0.29, 0.717) is 5.56 Å². The highest BCUT2D eigenvalue weighted by atomic mass is 35.5. The minimum Gasteiger partial charge on any atom is -0.505 e. The number of halogens is 3. The minimum absolute atomic E-state index is 0.0411. The van der Waals surface area contributed by atoms with E-state index in [1.54, 1.807) is 6.07 Å². The van der Waals surface area contributed by atoms with Crippen LogP contribution in [0, 0.1) is 5.82 Å². The summed E-state index contributed by atoms with van der Waals surface area (Å²) in [7, 11) is -4.15. The Kier molecular flexibility index (Phi) is 5.15. The predicted octanol–water partition coefficient (Wildman–Crippen LogP) is 3.37. The van der Waals surface area contributed by atoms with Crippen LogP contribution in [0.1, 0.15) is 5.89 Å². The van der Waals surface area contributed by atoms with Gasteiger partial charge in [0, 0.05) is 10.6 Å². The Morgan fingerprint density at radius 3 is 2.73 bits per heavy atom. The van der Waals surface area contributed by atoms with E-state index in [4.69, 9.17) is 27.7 Å². The van der Waals surface area contributed by atoms with Gasteiger partial charge in [0.25, 0.3) is 0 Å². The van der Waals surface area contributed by atoms with Gasteiger partial charge in [-0.3, -0.25) is 0 Å². The molecule has 26 heavy (non-hydrogen) atoms. The lowest BCUT2D eigenvalue weighted by Crippen LogP contribution is -2.23. The third-order valence-electron chi connectivity index (χ3n) is 3.25. The van der Waals surface area contributed by atoms with Crippen LogP contribution in [-0.2, 0) is 16.6 Å². The molecule has 1 heterocycles. The van der Waals surface area contributed by atoms with Gasteiger partial charge in [0.15, 0.2) is 5.75 Å². The lowest BCUT2D eigenvalue weighted by molar-refractivity contribution is 0.375. The van der Waals surface area contributed by atoms with Crippen molar-refractivity contribution in [3.8, 4) is 17.1 Å². The largest absolute Gasteiger partial charge is 0.505 e. The van der Waals surface area contributed by atoms with Crippen LogP contribution in [0.3, 0.4) is 0 Å². The Morgan fingerprint density at radius 2 is 2.00 bits per heavy atom. The second kappa shape index (κ2) is 7.20. The van der Waals surface area contributed by atoms with E-state index in [0.717, 1.165) is 6.07 Å². The van der Waals surface area contributed by atoms with Crippen LogP contribution in [0.2, 0.25) is 10.0 Å². The van der Waals surface area contributed by atoms with Gasteiger partial charge in [-0.25, -0.2) is 17.5 Å². The lowest BCUT2D eigenvalue weighted by atomic mass is 10.2. The number of aromatic hydroxyl groups is 1.